The van der Waals surface area contributed by atoms with Gasteiger partial charge in [0.15, 0.2) is 5.54 Å². The van der Waals surface area contributed by atoms with E-state index in [-0.39, 0.29) is 11.9 Å². The van der Waals surface area contributed by atoms with Gasteiger partial charge in [0.25, 0.3) is 5.91 Å². The van der Waals surface area contributed by atoms with Crippen LogP contribution in [-0.2, 0) is 16.8 Å². The molecule has 3 amide bonds. The van der Waals surface area contributed by atoms with Crippen LogP contribution in [-0.4, -0.2) is 41.5 Å². The van der Waals surface area contributed by atoms with E-state index in [1.165, 1.54) is 4.90 Å². The summed E-state index contributed by atoms with van der Waals surface area (Å²) in [6, 6.07) is 19.1. The van der Waals surface area contributed by atoms with Crippen LogP contribution in [0.5, 0.6) is 0 Å². The standard InChI is InChI=1S/C25H33N3O2/c1-19(2)16-27(17-20(3)4)18-28-23(29)25(26-24(28)30,22-13-9-6-10-14-22)15-21-11-7-5-8-12-21/h5-14,19-20H,15-18H2,1-4H3,(H,26,30). The van der Waals surface area contributed by atoms with Crippen molar-refractivity contribution in [3.05, 3.63) is 71.8 Å². The number of carbonyl (C=O) groups excluding carboxylic acids is 2. The molecule has 1 aliphatic heterocycles. The second-order valence-electron chi connectivity index (χ2n) is 9.06. The number of rotatable bonds is 9. The number of carbonyl (C=O) groups is 2. The fourth-order valence-electron chi connectivity index (χ4n) is 4.22. The fourth-order valence-corrected chi connectivity index (χ4v) is 4.22. The first-order valence-corrected chi connectivity index (χ1v) is 10.8. The Balaban J connectivity index is 1.93. The number of benzene rings is 2. The molecule has 0 radical (unpaired) electrons. The highest BCUT2D eigenvalue weighted by atomic mass is 16.2. The van der Waals surface area contributed by atoms with Crippen molar-refractivity contribution in [1.82, 2.24) is 15.1 Å². The molecule has 160 valence electrons. The van der Waals surface area contributed by atoms with Crippen LogP contribution in [0.1, 0.15) is 38.8 Å². The first-order chi connectivity index (χ1) is 14.3. The van der Waals surface area contributed by atoms with Crippen molar-refractivity contribution in [2.45, 2.75) is 39.7 Å². The lowest BCUT2D eigenvalue weighted by molar-refractivity contribution is -0.133. The largest absolute Gasteiger partial charge is 0.326 e. The second kappa shape index (κ2) is 9.43. The Labute approximate surface area is 180 Å². The molecule has 1 N–H and O–H groups in total. The summed E-state index contributed by atoms with van der Waals surface area (Å²) in [5.74, 6) is 0.723. The van der Waals surface area contributed by atoms with Gasteiger partial charge in [0.2, 0.25) is 0 Å². The maximum atomic E-state index is 13.8. The summed E-state index contributed by atoms with van der Waals surface area (Å²) in [6.45, 7) is 10.6. The van der Waals surface area contributed by atoms with E-state index in [9.17, 15) is 9.59 Å². The zero-order chi connectivity index (χ0) is 21.7. The van der Waals surface area contributed by atoms with E-state index < -0.39 is 5.54 Å². The Morgan fingerprint density at radius 3 is 1.93 bits per heavy atom. The van der Waals surface area contributed by atoms with Crippen molar-refractivity contribution in [2.24, 2.45) is 11.8 Å². The normalized spacial score (nSPS) is 19.2. The quantitative estimate of drug-likeness (QED) is 0.633. The molecule has 0 saturated carbocycles. The SMILES string of the molecule is CC(C)CN(CC(C)C)CN1C(=O)NC(Cc2ccccc2)(c2ccccc2)C1=O. The average molecular weight is 408 g/mol. The summed E-state index contributed by atoms with van der Waals surface area (Å²) in [6.07, 6.45) is 0.424. The topological polar surface area (TPSA) is 52.6 Å². The van der Waals surface area contributed by atoms with E-state index in [0.29, 0.717) is 24.9 Å². The van der Waals surface area contributed by atoms with Crippen LogP contribution in [0.2, 0.25) is 0 Å². The number of imide groups is 1. The predicted molar refractivity (Wildman–Crippen MR) is 120 cm³/mol. The fraction of sp³-hybridized carbons (Fsp3) is 0.440. The van der Waals surface area contributed by atoms with Gasteiger partial charge in [0.05, 0.1) is 6.67 Å². The minimum absolute atomic E-state index is 0.180. The van der Waals surface area contributed by atoms with Gasteiger partial charge in [-0.25, -0.2) is 9.69 Å². The zero-order valence-electron chi connectivity index (χ0n) is 18.5. The number of nitrogens with zero attached hydrogens (tertiary/aromatic N) is 2. The molecular formula is C25H33N3O2. The number of urea groups is 1. The highest BCUT2D eigenvalue weighted by molar-refractivity contribution is 6.07. The molecule has 0 aromatic heterocycles. The highest BCUT2D eigenvalue weighted by Crippen LogP contribution is 2.33. The van der Waals surface area contributed by atoms with Gasteiger partial charge in [-0.3, -0.25) is 9.69 Å². The van der Waals surface area contributed by atoms with E-state index in [1.807, 2.05) is 60.7 Å². The smallest absolute Gasteiger partial charge is 0.319 e. The van der Waals surface area contributed by atoms with Crippen LogP contribution in [0.25, 0.3) is 0 Å². The third-order valence-corrected chi connectivity index (χ3v) is 5.34. The summed E-state index contributed by atoms with van der Waals surface area (Å²) in [4.78, 5) is 30.4. The van der Waals surface area contributed by atoms with Gasteiger partial charge < -0.3 is 5.32 Å². The molecule has 1 saturated heterocycles. The van der Waals surface area contributed by atoms with Gasteiger partial charge >= 0.3 is 6.03 Å². The van der Waals surface area contributed by atoms with Crippen molar-refractivity contribution in [1.29, 1.82) is 0 Å². The summed E-state index contributed by atoms with van der Waals surface area (Å²) >= 11 is 0. The Kier molecular flexibility index (Phi) is 6.93. The molecule has 2 aromatic rings. The third-order valence-electron chi connectivity index (χ3n) is 5.34. The van der Waals surface area contributed by atoms with Gasteiger partial charge in [-0.2, -0.15) is 0 Å². The molecule has 1 atom stereocenters. The molecule has 0 spiro atoms. The van der Waals surface area contributed by atoms with E-state index >= 15 is 0 Å². The van der Waals surface area contributed by atoms with Crippen LogP contribution in [0, 0.1) is 11.8 Å². The third kappa shape index (κ3) is 4.90. The lowest BCUT2D eigenvalue weighted by atomic mass is 9.83. The van der Waals surface area contributed by atoms with Crippen LogP contribution < -0.4 is 5.32 Å². The molecule has 0 aliphatic carbocycles. The number of hydrogen-bond donors (Lipinski definition) is 1. The lowest BCUT2D eigenvalue weighted by Crippen LogP contribution is -2.47. The van der Waals surface area contributed by atoms with E-state index in [2.05, 4.69) is 37.9 Å². The van der Waals surface area contributed by atoms with Crippen molar-refractivity contribution in [2.75, 3.05) is 19.8 Å². The highest BCUT2D eigenvalue weighted by Gasteiger charge is 2.52. The number of nitrogens with one attached hydrogen (secondary N) is 1. The molecule has 30 heavy (non-hydrogen) atoms. The van der Waals surface area contributed by atoms with Crippen molar-refractivity contribution in [3.63, 3.8) is 0 Å². The van der Waals surface area contributed by atoms with Crippen molar-refractivity contribution >= 4 is 11.9 Å². The van der Waals surface area contributed by atoms with E-state index in [1.54, 1.807) is 0 Å². The zero-order valence-corrected chi connectivity index (χ0v) is 18.5. The Morgan fingerprint density at radius 1 is 0.867 bits per heavy atom. The van der Waals surface area contributed by atoms with Crippen LogP contribution >= 0.6 is 0 Å². The van der Waals surface area contributed by atoms with Gasteiger partial charge in [0.1, 0.15) is 0 Å². The molecule has 1 heterocycles. The number of amides is 3. The second-order valence-corrected chi connectivity index (χ2v) is 9.06. The van der Waals surface area contributed by atoms with Crippen molar-refractivity contribution in [3.8, 4) is 0 Å². The predicted octanol–water partition coefficient (Wildman–Crippen LogP) is 4.25. The maximum absolute atomic E-state index is 13.8. The Hall–Kier alpha value is -2.66. The van der Waals surface area contributed by atoms with Crippen molar-refractivity contribution < 1.29 is 9.59 Å². The molecule has 1 aliphatic rings. The Bertz CT molecular complexity index is 841. The lowest BCUT2D eigenvalue weighted by Gasteiger charge is -2.31. The van der Waals surface area contributed by atoms with Crippen LogP contribution in [0.4, 0.5) is 4.79 Å². The van der Waals surface area contributed by atoms with Gasteiger partial charge in [-0.1, -0.05) is 88.4 Å². The number of hydrogen-bond acceptors (Lipinski definition) is 3. The molecule has 5 nitrogen and oxygen atoms in total. The van der Waals surface area contributed by atoms with Crippen LogP contribution in [0.15, 0.2) is 60.7 Å². The van der Waals surface area contributed by atoms with E-state index in [0.717, 1.165) is 24.2 Å². The molecular weight excluding hydrogens is 374 g/mol. The minimum Gasteiger partial charge on any atom is -0.319 e. The molecule has 5 heteroatoms. The summed E-state index contributed by atoms with van der Waals surface area (Å²) in [7, 11) is 0. The van der Waals surface area contributed by atoms with Gasteiger partial charge in [-0.05, 0) is 23.0 Å². The van der Waals surface area contributed by atoms with Gasteiger partial charge in [0, 0.05) is 19.5 Å². The first-order valence-electron chi connectivity index (χ1n) is 10.8. The molecule has 0 bridgehead atoms. The summed E-state index contributed by atoms with van der Waals surface area (Å²) < 4.78 is 0. The first kappa shape index (κ1) is 22.0. The van der Waals surface area contributed by atoms with Gasteiger partial charge in [-0.15, -0.1) is 0 Å². The molecule has 2 aromatic carbocycles. The summed E-state index contributed by atoms with van der Waals surface area (Å²) in [5.41, 5.74) is 0.744. The molecule has 1 unspecified atom stereocenters. The van der Waals surface area contributed by atoms with Crippen LogP contribution in [0.3, 0.4) is 0 Å². The maximum Gasteiger partial charge on any atom is 0.326 e. The average Bonchev–Trinajstić information content (AvgIpc) is 2.93. The minimum atomic E-state index is -1.08. The monoisotopic (exact) mass is 407 g/mol. The van der Waals surface area contributed by atoms with E-state index in [4.69, 9.17) is 0 Å². The summed E-state index contributed by atoms with van der Waals surface area (Å²) in [5, 5.41) is 3.05. The molecule has 1 fully saturated rings. The molecule has 3 rings (SSSR count). The Morgan fingerprint density at radius 2 is 1.40 bits per heavy atom.